The normalized spacial score (nSPS) is 12.4. The van der Waals surface area contributed by atoms with Crippen LogP contribution in [-0.4, -0.2) is 10.2 Å². The lowest BCUT2D eigenvalue weighted by molar-refractivity contribution is 0.467. The second kappa shape index (κ2) is 4.63. The van der Waals surface area contributed by atoms with Crippen LogP contribution in [0.5, 0.6) is 0 Å². The number of nitrogens with one attached hydrogen (secondary N) is 2. The summed E-state index contributed by atoms with van der Waals surface area (Å²) >= 11 is 5.85. The Labute approximate surface area is 103 Å². The molecule has 0 aliphatic rings. The van der Waals surface area contributed by atoms with Gasteiger partial charge < -0.3 is 9.73 Å². The van der Waals surface area contributed by atoms with Crippen LogP contribution in [0, 0.1) is 6.92 Å². The number of halogens is 1. The maximum absolute atomic E-state index is 11.2. The van der Waals surface area contributed by atoms with Crippen LogP contribution in [0.2, 0.25) is 5.02 Å². The number of furan rings is 1. The largest absolute Gasteiger partial charge is 0.464 e. The summed E-state index contributed by atoms with van der Waals surface area (Å²) in [4.78, 5) is 11.2. The monoisotopic (exact) mass is 253 g/mol. The van der Waals surface area contributed by atoms with E-state index in [-0.39, 0.29) is 11.1 Å². The van der Waals surface area contributed by atoms with Gasteiger partial charge in [0.15, 0.2) is 0 Å². The average Bonchev–Trinajstić information content (AvgIpc) is 2.72. The first-order valence-corrected chi connectivity index (χ1v) is 5.52. The van der Waals surface area contributed by atoms with Gasteiger partial charge in [0.05, 0.1) is 17.9 Å². The molecular formula is C11H12ClN3O2. The number of aryl methyl sites for hydroxylation is 1. The summed E-state index contributed by atoms with van der Waals surface area (Å²) in [5, 5.41) is 9.10. The molecule has 2 heterocycles. The predicted molar refractivity (Wildman–Crippen MR) is 65.4 cm³/mol. The molecule has 0 aromatic carbocycles. The molecule has 5 nitrogen and oxygen atoms in total. The van der Waals surface area contributed by atoms with Gasteiger partial charge in [-0.05, 0) is 26.0 Å². The summed E-state index contributed by atoms with van der Waals surface area (Å²) in [5.74, 6) is 1.61. The molecule has 0 fully saturated rings. The van der Waals surface area contributed by atoms with E-state index in [1.807, 2.05) is 26.0 Å². The molecule has 0 radical (unpaired) electrons. The SMILES string of the molecule is Cc1ccc(C(C)Nc2cn[nH]c(=O)c2Cl)o1. The van der Waals surface area contributed by atoms with Gasteiger partial charge in [0, 0.05) is 0 Å². The van der Waals surface area contributed by atoms with Gasteiger partial charge >= 0.3 is 0 Å². The molecule has 90 valence electrons. The zero-order chi connectivity index (χ0) is 12.4. The lowest BCUT2D eigenvalue weighted by Gasteiger charge is -2.12. The maximum Gasteiger partial charge on any atom is 0.285 e. The summed E-state index contributed by atoms with van der Waals surface area (Å²) in [6, 6.07) is 3.66. The molecule has 1 unspecified atom stereocenters. The predicted octanol–water partition coefficient (Wildman–Crippen LogP) is 2.50. The Bertz CT molecular complexity index is 576. The van der Waals surface area contributed by atoms with Crippen molar-refractivity contribution in [2.45, 2.75) is 19.9 Å². The number of aromatic nitrogens is 2. The highest BCUT2D eigenvalue weighted by molar-refractivity contribution is 6.32. The number of rotatable bonds is 3. The van der Waals surface area contributed by atoms with Crippen LogP contribution in [0.15, 0.2) is 27.5 Å². The van der Waals surface area contributed by atoms with Crippen LogP contribution < -0.4 is 10.9 Å². The highest BCUT2D eigenvalue weighted by Crippen LogP contribution is 2.23. The first kappa shape index (κ1) is 11.7. The lowest BCUT2D eigenvalue weighted by atomic mass is 10.2. The Morgan fingerprint density at radius 2 is 2.29 bits per heavy atom. The zero-order valence-corrected chi connectivity index (χ0v) is 10.2. The van der Waals surface area contributed by atoms with Gasteiger partial charge in [0.2, 0.25) is 0 Å². The molecule has 2 rings (SSSR count). The molecule has 1 atom stereocenters. The van der Waals surface area contributed by atoms with E-state index >= 15 is 0 Å². The molecule has 2 aromatic rings. The number of aromatic amines is 1. The highest BCUT2D eigenvalue weighted by Gasteiger charge is 2.12. The molecule has 0 aliphatic heterocycles. The lowest BCUT2D eigenvalue weighted by Crippen LogP contribution is -2.13. The molecule has 2 N–H and O–H groups in total. The van der Waals surface area contributed by atoms with Gasteiger partial charge in [-0.1, -0.05) is 11.6 Å². The Kier molecular flexibility index (Phi) is 3.19. The minimum atomic E-state index is -0.417. The van der Waals surface area contributed by atoms with E-state index in [9.17, 15) is 4.79 Å². The van der Waals surface area contributed by atoms with E-state index < -0.39 is 5.56 Å². The molecule has 0 saturated carbocycles. The second-order valence-electron chi connectivity index (χ2n) is 3.74. The van der Waals surface area contributed by atoms with Crippen molar-refractivity contribution < 1.29 is 4.42 Å². The Balaban J connectivity index is 2.21. The summed E-state index contributed by atoms with van der Waals surface area (Å²) < 4.78 is 5.48. The molecule has 0 spiro atoms. The first-order valence-electron chi connectivity index (χ1n) is 5.14. The summed E-state index contributed by atoms with van der Waals surface area (Å²) in [6.45, 7) is 3.79. The van der Waals surface area contributed by atoms with Crippen molar-refractivity contribution in [1.29, 1.82) is 0 Å². The Morgan fingerprint density at radius 3 is 2.94 bits per heavy atom. The van der Waals surface area contributed by atoms with E-state index in [0.717, 1.165) is 11.5 Å². The fraction of sp³-hybridized carbons (Fsp3) is 0.273. The van der Waals surface area contributed by atoms with Crippen molar-refractivity contribution in [3.05, 3.63) is 45.2 Å². The van der Waals surface area contributed by atoms with Gasteiger partial charge in [0.25, 0.3) is 5.56 Å². The third kappa shape index (κ3) is 2.50. The minimum Gasteiger partial charge on any atom is -0.464 e. The number of hydrogen-bond donors (Lipinski definition) is 2. The number of nitrogens with zero attached hydrogens (tertiary/aromatic N) is 1. The van der Waals surface area contributed by atoms with Crippen LogP contribution in [-0.2, 0) is 0 Å². The van der Waals surface area contributed by atoms with Crippen molar-refractivity contribution in [2.24, 2.45) is 0 Å². The molecule has 0 amide bonds. The van der Waals surface area contributed by atoms with Crippen molar-refractivity contribution in [1.82, 2.24) is 10.2 Å². The quantitative estimate of drug-likeness (QED) is 0.882. The third-order valence-electron chi connectivity index (χ3n) is 2.36. The molecule has 6 heteroatoms. The summed E-state index contributed by atoms with van der Waals surface area (Å²) in [5.41, 5.74) is 0.0662. The molecule has 17 heavy (non-hydrogen) atoms. The van der Waals surface area contributed by atoms with Crippen LogP contribution in [0.25, 0.3) is 0 Å². The van der Waals surface area contributed by atoms with Gasteiger partial charge in [-0.3, -0.25) is 4.79 Å². The fourth-order valence-corrected chi connectivity index (χ4v) is 1.62. The number of H-pyrrole nitrogens is 1. The van der Waals surface area contributed by atoms with Crippen LogP contribution in [0.4, 0.5) is 5.69 Å². The zero-order valence-electron chi connectivity index (χ0n) is 9.45. The van der Waals surface area contributed by atoms with Gasteiger partial charge in [-0.25, -0.2) is 5.10 Å². The molecule has 0 aliphatic carbocycles. The average molecular weight is 254 g/mol. The molecular weight excluding hydrogens is 242 g/mol. The molecule has 0 bridgehead atoms. The smallest absolute Gasteiger partial charge is 0.285 e. The van der Waals surface area contributed by atoms with Crippen LogP contribution in [0.1, 0.15) is 24.5 Å². The molecule has 0 saturated heterocycles. The number of anilines is 1. The first-order chi connectivity index (χ1) is 8.08. The highest BCUT2D eigenvalue weighted by atomic mass is 35.5. The van der Waals surface area contributed by atoms with Crippen LogP contribution >= 0.6 is 11.6 Å². The van der Waals surface area contributed by atoms with Gasteiger partial charge in [0.1, 0.15) is 16.5 Å². The fourth-order valence-electron chi connectivity index (χ4n) is 1.47. The Morgan fingerprint density at radius 1 is 1.53 bits per heavy atom. The van der Waals surface area contributed by atoms with E-state index in [1.54, 1.807) is 0 Å². The van der Waals surface area contributed by atoms with E-state index in [4.69, 9.17) is 16.0 Å². The maximum atomic E-state index is 11.2. The van der Waals surface area contributed by atoms with Gasteiger partial charge in [-0.2, -0.15) is 5.10 Å². The Hall–Kier alpha value is -1.75. The van der Waals surface area contributed by atoms with E-state index in [0.29, 0.717) is 5.69 Å². The number of hydrogen-bond acceptors (Lipinski definition) is 4. The van der Waals surface area contributed by atoms with E-state index in [2.05, 4.69) is 15.5 Å². The summed E-state index contributed by atoms with van der Waals surface area (Å²) in [7, 11) is 0. The third-order valence-corrected chi connectivity index (χ3v) is 2.73. The topological polar surface area (TPSA) is 70.9 Å². The van der Waals surface area contributed by atoms with Crippen LogP contribution in [0.3, 0.4) is 0 Å². The van der Waals surface area contributed by atoms with Crippen molar-refractivity contribution in [3.8, 4) is 0 Å². The van der Waals surface area contributed by atoms with E-state index in [1.165, 1.54) is 6.20 Å². The van der Waals surface area contributed by atoms with Gasteiger partial charge in [-0.15, -0.1) is 0 Å². The molecule has 2 aromatic heterocycles. The van der Waals surface area contributed by atoms with Crippen molar-refractivity contribution >= 4 is 17.3 Å². The standard InChI is InChI=1S/C11H12ClN3O2/c1-6-3-4-9(17-6)7(2)14-8-5-13-15-11(16)10(8)12/h3-5,7H,1-2H3,(H2,14,15,16). The van der Waals surface area contributed by atoms with Crippen molar-refractivity contribution in [3.63, 3.8) is 0 Å². The van der Waals surface area contributed by atoms with Crippen molar-refractivity contribution in [2.75, 3.05) is 5.32 Å². The summed E-state index contributed by atoms with van der Waals surface area (Å²) in [6.07, 6.45) is 1.47. The second-order valence-corrected chi connectivity index (χ2v) is 4.12. The minimum absolute atomic E-state index is 0.0927.